The van der Waals surface area contributed by atoms with Crippen molar-refractivity contribution in [3.8, 4) is 0 Å². The number of nitrogens with one attached hydrogen (secondary N) is 1. The van der Waals surface area contributed by atoms with Crippen molar-refractivity contribution in [1.29, 1.82) is 0 Å². The number of carbonyl (C=O) groups is 1. The van der Waals surface area contributed by atoms with Crippen molar-refractivity contribution in [3.63, 3.8) is 0 Å². The Morgan fingerprint density at radius 1 is 1.77 bits per heavy atom. The number of aromatic nitrogens is 3. The Balaban J connectivity index is 2.94. The number of aromatic amines is 1. The summed E-state index contributed by atoms with van der Waals surface area (Å²) < 4.78 is 2.07. The van der Waals surface area contributed by atoms with Gasteiger partial charge in [0.25, 0.3) is 0 Å². The lowest BCUT2D eigenvalue weighted by Gasteiger charge is -2.01. The van der Waals surface area contributed by atoms with E-state index in [9.17, 15) is 4.79 Å². The number of H-pyrrole nitrogens is 1. The number of nitrogens with two attached hydrogens (primary N) is 1. The van der Waals surface area contributed by atoms with Gasteiger partial charge in [0.05, 0.1) is 0 Å². The van der Waals surface area contributed by atoms with Gasteiger partial charge in [0, 0.05) is 6.42 Å². The SMILES string of the molecule is CCCc1n[nH]c(=S)n1CC(N)=O. The molecule has 0 unspecified atom stereocenters. The lowest BCUT2D eigenvalue weighted by atomic mass is 10.3. The first-order valence-electron chi connectivity index (χ1n) is 4.07. The van der Waals surface area contributed by atoms with Gasteiger partial charge in [-0.05, 0) is 18.6 Å². The summed E-state index contributed by atoms with van der Waals surface area (Å²) in [6, 6.07) is 0. The zero-order chi connectivity index (χ0) is 9.84. The Morgan fingerprint density at radius 2 is 2.46 bits per heavy atom. The highest BCUT2D eigenvalue weighted by atomic mass is 32.1. The first-order valence-corrected chi connectivity index (χ1v) is 4.48. The second-order valence-corrected chi connectivity index (χ2v) is 3.13. The van der Waals surface area contributed by atoms with Crippen LogP contribution in [-0.2, 0) is 17.8 Å². The van der Waals surface area contributed by atoms with Gasteiger partial charge in [-0.3, -0.25) is 14.5 Å². The van der Waals surface area contributed by atoms with Crippen molar-refractivity contribution in [2.24, 2.45) is 5.73 Å². The average molecular weight is 200 g/mol. The Bertz CT molecular complexity index is 354. The van der Waals surface area contributed by atoms with Gasteiger partial charge in [0.1, 0.15) is 12.4 Å². The number of rotatable bonds is 4. The molecule has 0 aliphatic rings. The van der Waals surface area contributed by atoms with Gasteiger partial charge in [-0.25, -0.2) is 0 Å². The highest BCUT2D eigenvalue weighted by molar-refractivity contribution is 7.71. The third-order valence-corrected chi connectivity index (χ3v) is 1.94. The Kier molecular flexibility index (Phi) is 3.18. The fourth-order valence-corrected chi connectivity index (χ4v) is 1.30. The second-order valence-electron chi connectivity index (χ2n) is 2.75. The minimum absolute atomic E-state index is 0.102. The molecular weight excluding hydrogens is 188 g/mol. The van der Waals surface area contributed by atoms with Gasteiger partial charge in [-0.1, -0.05) is 6.92 Å². The predicted octanol–water partition coefficient (Wildman–Crippen LogP) is 0.378. The molecule has 0 saturated heterocycles. The number of primary amides is 1. The van der Waals surface area contributed by atoms with Crippen LogP contribution in [0.4, 0.5) is 0 Å². The quantitative estimate of drug-likeness (QED) is 0.690. The highest BCUT2D eigenvalue weighted by Crippen LogP contribution is 2.00. The zero-order valence-electron chi connectivity index (χ0n) is 7.41. The Morgan fingerprint density at radius 3 is 3.00 bits per heavy atom. The summed E-state index contributed by atoms with van der Waals surface area (Å²) in [7, 11) is 0. The van der Waals surface area contributed by atoms with Crippen LogP contribution >= 0.6 is 12.2 Å². The summed E-state index contributed by atoms with van der Waals surface area (Å²) in [4.78, 5) is 10.7. The summed E-state index contributed by atoms with van der Waals surface area (Å²) >= 11 is 4.94. The molecule has 0 aliphatic carbocycles. The van der Waals surface area contributed by atoms with Crippen LogP contribution in [0.3, 0.4) is 0 Å². The van der Waals surface area contributed by atoms with Crippen molar-refractivity contribution in [2.45, 2.75) is 26.3 Å². The smallest absolute Gasteiger partial charge is 0.237 e. The standard InChI is InChI=1S/C7H12N4OS/c1-2-3-6-9-10-7(13)11(6)4-5(8)12/h2-4H2,1H3,(H2,8,12)(H,10,13). The van der Waals surface area contributed by atoms with E-state index < -0.39 is 5.91 Å². The number of carbonyl (C=O) groups excluding carboxylic acids is 1. The fraction of sp³-hybridized carbons (Fsp3) is 0.571. The molecule has 0 aliphatic heterocycles. The molecule has 1 aromatic rings. The van der Waals surface area contributed by atoms with E-state index in [1.54, 1.807) is 4.57 Å². The third-order valence-electron chi connectivity index (χ3n) is 1.62. The van der Waals surface area contributed by atoms with Gasteiger partial charge in [-0.2, -0.15) is 5.10 Å². The number of amides is 1. The van der Waals surface area contributed by atoms with E-state index in [0.717, 1.165) is 18.7 Å². The molecule has 0 aromatic carbocycles. The van der Waals surface area contributed by atoms with E-state index in [1.165, 1.54) is 0 Å². The summed E-state index contributed by atoms with van der Waals surface area (Å²) in [5.41, 5.74) is 5.07. The third kappa shape index (κ3) is 2.38. The largest absolute Gasteiger partial charge is 0.368 e. The van der Waals surface area contributed by atoms with Crippen LogP contribution in [0.1, 0.15) is 19.2 Å². The van der Waals surface area contributed by atoms with Crippen LogP contribution in [-0.4, -0.2) is 20.7 Å². The summed E-state index contributed by atoms with van der Waals surface area (Å²) in [5.74, 6) is 0.376. The summed E-state index contributed by atoms with van der Waals surface area (Å²) in [6.45, 7) is 2.14. The van der Waals surface area contributed by atoms with E-state index in [0.29, 0.717) is 4.77 Å². The monoisotopic (exact) mass is 200 g/mol. The van der Waals surface area contributed by atoms with Crippen LogP contribution in [0.15, 0.2) is 0 Å². The molecule has 1 rings (SSSR count). The van der Waals surface area contributed by atoms with E-state index >= 15 is 0 Å². The molecule has 72 valence electrons. The minimum atomic E-state index is -0.408. The van der Waals surface area contributed by atoms with Crippen LogP contribution < -0.4 is 5.73 Å². The first kappa shape index (κ1) is 9.91. The predicted molar refractivity (Wildman–Crippen MR) is 50.6 cm³/mol. The van der Waals surface area contributed by atoms with E-state index in [2.05, 4.69) is 10.2 Å². The van der Waals surface area contributed by atoms with Gasteiger partial charge in [-0.15, -0.1) is 0 Å². The molecule has 0 spiro atoms. The van der Waals surface area contributed by atoms with E-state index in [1.807, 2.05) is 6.92 Å². The van der Waals surface area contributed by atoms with E-state index in [4.69, 9.17) is 18.0 Å². The molecule has 5 nitrogen and oxygen atoms in total. The summed E-state index contributed by atoms with van der Waals surface area (Å²) in [5, 5.41) is 6.63. The first-order chi connectivity index (χ1) is 6.15. The van der Waals surface area contributed by atoms with Crippen LogP contribution in [0.2, 0.25) is 0 Å². The summed E-state index contributed by atoms with van der Waals surface area (Å²) in [6.07, 6.45) is 1.75. The zero-order valence-corrected chi connectivity index (χ0v) is 8.23. The maximum absolute atomic E-state index is 10.7. The maximum atomic E-state index is 10.7. The number of nitrogens with zero attached hydrogens (tertiary/aromatic N) is 2. The molecule has 0 bridgehead atoms. The number of aryl methyl sites for hydroxylation is 1. The van der Waals surface area contributed by atoms with Crippen LogP contribution in [0, 0.1) is 4.77 Å². The van der Waals surface area contributed by atoms with Crippen molar-refractivity contribution in [1.82, 2.24) is 14.8 Å². The molecule has 3 N–H and O–H groups in total. The molecule has 1 heterocycles. The molecular formula is C7H12N4OS. The lowest BCUT2D eigenvalue weighted by Crippen LogP contribution is -2.20. The van der Waals surface area contributed by atoms with Crippen LogP contribution in [0.25, 0.3) is 0 Å². The van der Waals surface area contributed by atoms with Gasteiger partial charge < -0.3 is 5.73 Å². The second kappa shape index (κ2) is 4.18. The molecule has 1 aromatic heterocycles. The van der Waals surface area contributed by atoms with Crippen molar-refractivity contribution >= 4 is 18.1 Å². The fourth-order valence-electron chi connectivity index (χ4n) is 1.08. The minimum Gasteiger partial charge on any atom is -0.368 e. The van der Waals surface area contributed by atoms with Crippen molar-refractivity contribution in [3.05, 3.63) is 10.6 Å². The van der Waals surface area contributed by atoms with Crippen molar-refractivity contribution < 1.29 is 4.79 Å². The topological polar surface area (TPSA) is 76.7 Å². The molecule has 0 radical (unpaired) electrons. The van der Waals surface area contributed by atoms with Gasteiger partial charge in [0.15, 0.2) is 4.77 Å². The van der Waals surface area contributed by atoms with Crippen LogP contribution in [0.5, 0.6) is 0 Å². The van der Waals surface area contributed by atoms with Gasteiger partial charge in [0.2, 0.25) is 5.91 Å². The normalized spacial score (nSPS) is 10.2. The maximum Gasteiger partial charge on any atom is 0.237 e. The molecule has 0 saturated carbocycles. The molecule has 0 fully saturated rings. The molecule has 6 heteroatoms. The Hall–Kier alpha value is -1.17. The molecule has 13 heavy (non-hydrogen) atoms. The average Bonchev–Trinajstić information content (AvgIpc) is 2.36. The van der Waals surface area contributed by atoms with Crippen molar-refractivity contribution in [2.75, 3.05) is 0 Å². The molecule has 0 atom stereocenters. The lowest BCUT2D eigenvalue weighted by molar-refractivity contribution is -0.118. The molecule has 1 amide bonds. The van der Waals surface area contributed by atoms with Gasteiger partial charge >= 0.3 is 0 Å². The van der Waals surface area contributed by atoms with E-state index in [-0.39, 0.29) is 6.54 Å². The highest BCUT2D eigenvalue weighted by Gasteiger charge is 2.06. The number of hydrogen-bond acceptors (Lipinski definition) is 3. The Labute approximate surface area is 80.9 Å². The number of hydrogen-bond donors (Lipinski definition) is 2.